The number of sulfonamides is 1. The van der Waals surface area contributed by atoms with Crippen molar-refractivity contribution in [1.82, 2.24) is 9.78 Å². The summed E-state index contributed by atoms with van der Waals surface area (Å²) in [4.78, 5) is -0.657. The quantitative estimate of drug-likeness (QED) is 0.634. The van der Waals surface area contributed by atoms with E-state index >= 15 is 0 Å². The van der Waals surface area contributed by atoms with Crippen molar-refractivity contribution in [3.05, 3.63) is 71.3 Å². The first-order valence-corrected chi connectivity index (χ1v) is 9.13. The van der Waals surface area contributed by atoms with Gasteiger partial charge in [0.2, 0.25) is 0 Å². The van der Waals surface area contributed by atoms with E-state index in [1.807, 2.05) is 4.72 Å². The van der Waals surface area contributed by atoms with Gasteiger partial charge in [-0.15, -0.1) is 0 Å². The molecule has 0 saturated heterocycles. The maximum atomic E-state index is 14.2. The number of hydrogen-bond donors (Lipinski definition) is 1. The Balaban J connectivity index is 1.92. The zero-order valence-corrected chi connectivity index (χ0v) is 14.8. The largest absolute Gasteiger partial charge is 0.417 e. The molecule has 0 amide bonds. The predicted octanol–water partition coefficient (Wildman–Crippen LogP) is 4.48. The molecule has 3 aromatic rings. The lowest BCUT2D eigenvalue weighted by molar-refractivity contribution is -0.137. The molecule has 1 heterocycles. The van der Waals surface area contributed by atoms with E-state index in [1.165, 1.54) is 29.2 Å². The molecule has 0 aliphatic rings. The Morgan fingerprint density at radius 2 is 1.85 bits per heavy atom. The molecule has 0 radical (unpaired) electrons. The van der Waals surface area contributed by atoms with Gasteiger partial charge in [0.05, 0.1) is 21.2 Å². The minimum Gasteiger partial charge on any atom is -0.280 e. The van der Waals surface area contributed by atoms with Gasteiger partial charge in [-0.25, -0.2) is 17.5 Å². The molecule has 1 aromatic heterocycles. The van der Waals surface area contributed by atoms with Crippen molar-refractivity contribution >= 4 is 27.3 Å². The molecule has 0 aliphatic heterocycles. The van der Waals surface area contributed by atoms with Crippen molar-refractivity contribution in [2.75, 3.05) is 4.72 Å². The summed E-state index contributed by atoms with van der Waals surface area (Å²) < 4.78 is 80.9. The first-order valence-electron chi connectivity index (χ1n) is 7.27. The van der Waals surface area contributed by atoms with Gasteiger partial charge in [-0.2, -0.15) is 18.3 Å². The average Bonchev–Trinajstić information content (AvgIpc) is 3.08. The van der Waals surface area contributed by atoms with Crippen LogP contribution in [0, 0.1) is 5.82 Å². The SMILES string of the molecule is O=S(=O)(Nc1ccc(-n2cccn2)c(F)c1)c1ccc(Cl)c(C(F)(F)F)c1. The lowest BCUT2D eigenvalue weighted by Crippen LogP contribution is -2.15. The van der Waals surface area contributed by atoms with Crippen molar-refractivity contribution in [3.8, 4) is 5.69 Å². The summed E-state index contributed by atoms with van der Waals surface area (Å²) >= 11 is 5.49. The van der Waals surface area contributed by atoms with E-state index in [9.17, 15) is 26.0 Å². The number of halogens is 5. The summed E-state index contributed by atoms with van der Waals surface area (Å²) in [6.07, 6.45) is -1.89. The number of alkyl halides is 3. The van der Waals surface area contributed by atoms with Crippen LogP contribution in [-0.4, -0.2) is 18.2 Å². The lowest BCUT2D eigenvalue weighted by atomic mass is 10.2. The molecule has 0 fully saturated rings. The van der Waals surface area contributed by atoms with Crippen molar-refractivity contribution < 1.29 is 26.0 Å². The van der Waals surface area contributed by atoms with Crippen LogP contribution >= 0.6 is 11.6 Å². The third-order valence-corrected chi connectivity index (χ3v) is 5.21. The van der Waals surface area contributed by atoms with Gasteiger partial charge in [-0.1, -0.05) is 11.6 Å². The Morgan fingerprint density at radius 1 is 1.11 bits per heavy atom. The molecule has 5 nitrogen and oxygen atoms in total. The van der Waals surface area contributed by atoms with Crippen molar-refractivity contribution in [3.63, 3.8) is 0 Å². The Kier molecular flexibility index (Phi) is 4.87. The highest BCUT2D eigenvalue weighted by Gasteiger charge is 2.34. The van der Waals surface area contributed by atoms with Crippen LogP contribution in [0.15, 0.2) is 59.8 Å². The van der Waals surface area contributed by atoms with E-state index in [4.69, 9.17) is 11.6 Å². The highest BCUT2D eigenvalue weighted by Crippen LogP contribution is 2.36. The number of nitrogens with one attached hydrogen (secondary N) is 1. The third-order valence-electron chi connectivity index (χ3n) is 3.50. The van der Waals surface area contributed by atoms with E-state index in [1.54, 1.807) is 6.07 Å². The topological polar surface area (TPSA) is 64.0 Å². The van der Waals surface area contributed by atoms with Gasteiger partial charge in [0, 0.05) is 18.5 Å². The number of aromatic nitrogens is 2. The summed E-state index contributed by atoms with van der Waals surface area (Å²) in [5.74, 6) is -0.772. The average molecular weight is 420 g/mol. The highest BCUT2D eigenvalue weighted by molar-refractivity contribution is 7.92. The summed E-state index contributed by atoms with van der Waals surface area (Å²) in [6.45, 7) is 0. The van der Waals surface area contributed by atoms with E-state index < -0.39 is 37.5 Å². The Hall–Kier alpha value is -2.59. The number of benzene rings is 2. The van der Waals surface area contributed by atoms with Crippen LogP contribution in [0.2, 0.25) is 5.02 Å². The van der Waals surface area contributed by atoms with Gasteiger partial charge in [0.15, 0.2) is 5.82 Å². The molecule has 0 unspecified atom stereocenters. The van der Waals surface area contributed by atoms with E-state index in [-0.39, 0.29) is 11.4 Å². The Morgan fingerprint density at radius 3 is 2.44 bits per heavy atom. The van der Waals surface area contributed by atoms with Crippen LogP contribution in [0.5, 0.6) is 0 Å². The fraction of sp³-hybridized carbons (Fsp3) is 0.0625. The van der Waals surface area contributed by atoms with Crippen molar-refractivity contribution in [1.29, 1.82) is 0 Å². The first-order chi connectivity index (χ1) is 12.6. The number of nitrogens with zero attached hydrogens (tertiary/aromatic N) is 2. The second-order valence-electron chi connectivity index (χ2n) is 5.36. The number of anilines is 1. The van der Waals surface area contributed by atoms with E-state index in [2.05, 4.69) is 5.10 Å². The smallest absolute Gasteiger partial charge is 0.280 e. The third kappa shape index (κ3) is 4.06. The number of hydrogen-bond acceptors (Lipinski definition) is 3. The molecule has 0 saturated carbocycles. The van der Waals surface area contributed by atoms with Gasteiger partial charge in [0.1, 0.15) is 5.69 Å². The molecule has 0 aliphatic carbocycles. The summed E-state index contributed by atoms with van der Waals surface area (Å²) in [6, 6.07) is 7.19. The lowest BCUT2D eigenvalue weighted by Gasteiger charge is -2.13. The maximum absolute atomic E-state index is 14.2. The van der Waals surface area contributed by atoms with Gasteiger partial charge in [-0.05, 0) is 36.4 Å². The van der Waals surface area contributed by atoms with Crippen LogP contribution in [0.3, 0.4) is 0 Å². The Bertz CT molecular complexity index is 1080. The minimum atomic E-state index is -4.82. The fourth-order valence-electron chi connectivity index (χ4n) is 2.27. The number of rotatable bonds is 4. The molecule has 1 N–H and O–H groups in total. The van der Waals surface area contributed by atoms with E-state index in [0.29, 0.717) is 6.07 Å². The zero-order valence-electron chi connectivity index (χ0n) is 13.2. The molecule has 11 heteroatoms. The monoisotopic (exact) mass is 419 g/mol. The maximum Gasteiger partial charge on any atom is 0.417 e. The molecule has 3 rings (SSSR count). The van der Waals surface area contributed by atoms with Gasteiger partial charge in [-0.3, -0.25) is 4.72 Å². The molecule has 142 valence electrons. The zero-order chi connectivity index (χ0) is 19.8. The normalized spacial score (nSPS) is 12.2. The minimum absolute atomic E-state index is 0.0776. The molecular formula is C16H10ClF4N3O2S. The highest BCUT2D eigenvalue weighted by atomic mass is 35.5. The van der Waals surface area contributed by atoms with Crippen molar-refractivity contribution in [2.24, 2.45) is 0 Å². The molecular weight excluding hydrogens is 410 g/mol. The molecule has 27 heavy (non-hydrogen) atoms. The molecule has 2 aromatic carbocycles. The van der Waals surface area contributed by atoms with Crippen LogP contribution < -0.4 is 4.72 Å². The summed E-state index contributed by atoms with van der Waals surface area (Å²) in [5.41, 5.74) is -1.37. The van der Waals surface area contributed by atoms with Crippen LogP contribution in [0.1, 0.15) is 5.56 Å². The fourth-order valence-corrected chi connectivity index (χ4v) is 3.57. The van der Waals surface area contributed by atoms with Crippen LogP contribution in [0.25, 0.3) is 5.69 Å². The van der Waals surface area contributed by atoms with Crippen LogP contribution in [-0.2, 0) is 16.2 Å². The molecule has 0 spiro atoms. The van der Waals surface area contributed by atoms with Crippen molar-refractivity contribution in [2.45, 2.75) is 11.1 Å². The predicted molar refractivity (Wildman–Crippen MR) is 90.8 cm³/mol. The molecule has 0 atom stereocenters. The standard InChI is InChI=1S/C16H10ClF4N3O2S/c17-13-4-3-11(9-12(13)16(19,20)21)27(25,26)23-10-2-5-15(14(18)8-10)24-7-1-6-22-24/h1-9,23H. The van der Waals surface area contributed by atoms with Gasteiger partial charge in [0.25, 0.3) is 10.0 Å². The second-order valence-corrected chi connectivity index (χ2v) is 7.45. The van der Waals surface area contributed by atoms with Gasteiger partial charge >= 0.3 is 6.18 Å². The van der Waals surface area contributed by atoms with Crippen LogP contribution in [0.4, 0.5) is 23.2 Å². The summed E-state index contributed by atoms with van der Waals surface area (Å²) in [7, 11) is -4.39. The second kappa shape index (κ2) is 6.86. The molecule has 0 bridgehead atoms. The summed E-state index contributed by atoms with van der Waals surface area (Å²) in [5, 5.41) is 3.23. The van der Waals surface area contributed by atoms with Gasteiger partial charge < -0.3 is 0 Å². The first kappa shape index (κ1) is 19.2. The Labute approximate surface area is 156 Å². The van der Waals surface area contributed by atoms with E-state index in [0.717, 1.165) is 18.2 Å².